The molecule has 2 unspecified atom stereocenters. The zero-order valence-electron chi connectivity index (χ0n) is 23.0. The summed E-state index contributed by atoms with van der Waals surface area (Å²) in [7, 11) is -4.33. The van der Waals surface area contributed by atoms with Crippen LogP contribution in [0.3, 0.4) is 0 Å². The molecule has 0 saturated heterocycles. The van der Waals surface area contributed by atoms with Crippen LogP contribution in [0.25, 0.3) is 0 Å². The number of carbonyl (C=O) groups excluding carboxylic acids is 2. The van der Waals surface area contributed by atoms with Crippen molar-refractivity contribution in [1.82, 2.24) is 10.2 Å². The molecule has 1 N–H and O–H groups in total. The van der Waals surface area contributed by atoms with Gasteiger partial charge in [0.25, 0.3) is 10.0 Å². The average molecular weight is 554 g/mol. The number of anilines is 1. The van der Waals surface area contributed by atoms with Crippen molar-refractivity contribution in [3.63, 3.8) is 0 Å². The van der Waals surface area contributed by atoms with Crippen LogP contribution < -0.4 is 9.62 Å². The molecule has 2 atom stereocenters. The van der Waals surface area contributed by atoms with E-state index in [9.17, 15) is 22.4 Å². The highest BCUT2D eigenvalue weighted by atomic mass is 32.2. The lowest BCUT2D eigenvalue weighted by Crippen LogP contribution is -2.52. The average Bonchev–Trinajstić information content (AvgIpc) is 2.91. The van der Waals surface area contributed by atoms with E-state index in [4.69, 9.17) is 0 Å². The second-order valence-electron chi connectivity index (χ2n) is 9.72. The van der Waals surface area contributed by atoms with Crippen molar-refractivity contribution >= 4 is 27.5 Å². The highest BCUT2D eigenvalue weighted by Crippen LogP contribution is 2.27. The van der Waals surface area contributed by atoms with Crippen LogP contribution in [0.15, 0.2) is 77.7 Å². The lowest BCUT2D eigenvalue weighted by atomic mass is 10.1. The van der Waals surface area contributed by atoms with Crippen molar-refractivity contribution in [3.05, 3.63) is 95.3 Å². The fourth-order valence-electron chi connectivity index (χ4n) is 4.02. The number of benzene rings is 3. The lowest BCUT2D eigenvalue weighted by molar-refractivity contribution is -0.139. The van der Waals surface area contributed by atoms with Crippen LogP contribution in [0, 0.1) is 19.7 Å². The normalized spacial score (nSPS) is 12.9. The fraction of sp³-hybridized carbons (Fsp3) is 0.333. The van der Waals surface area contributed by atoms with E-state index in [1.54, 1.807) is 19.1 Å². The molecule has 208 valence electrons. The molecule has 3 aromatic carbocycles. The molecule has 7 nitrogen and oxygen atoms in total. The van der Waals surface area contributed by atoms with Crippen molar-refractivity contribution in [1.29, 1.82) is 0 Å². The maximum atomic E-state index is 15.0. The largest absolute Gasteiger partial charge is 0.352 e. The second-order valence-corrected chi connectivity index (χ2v) is 11.6. The third-order valence-electron chi connectivity index (χ3n) is 6.78. The zero-order valence-corrected chi connectivity index (χ0v) is 23.8. The van der Waals surface area contributed by atoms with Gasteiger partial charge in [0, 0.05) is 12.6 Å². The van der Waals surface area contributed by atoms with Crippen LogP contribution in [0.2, 0.25) is 0 Å². The van der Waals surface area contributed by atoms with E-state index in [0.29, 0.717) is 6.42 Å². The molecule has 0 fully saturated rings. The summed E-state index contributed by atoms with van der Waals surface area (Å²) in [4.78, 5) is 28.3. The van der Waals surface area contributed by atoms with Gasteiger partial charge in [0.15, 0.2) is 0 Å². The Morgan fingerprint density at radius 1 is 0.923 bits per heavy atom. The topological polar surface area (TPSA) is 86.8 Å². The quantitative estimate of drug-likeness (QED) is 0.363. The number of sulfonamides is 1. The number of nitrogens with zero attached hydrogens (tertiary/aromatic N) is 2. The van der Waals surface area contributed by atoms with Crippen LogP contribution >= 0.6 is 0 Å². The van der Waals surface area contributed by atoms with Crippen molar-refractivity contribution in [2.24, 2.45) is 0 Å². The van der Waals surface area contributed by atoms with Crippen LogP contribution in [0.1, 0.15) is 43.9 Å². The van der Waals surface area contributed by atoms with Gasteiger partial charge < -0.3 is 10.2 Å². The molecule has 0 aliphatic carbocycles. The Morgan fingerprint density at radius 3 is 2.15 bits per heavy atom. The van der Waals surface area contributed by atoms with Gasteiger partial charge in [-0.1, -0.05) is 61.0 Å². The first kappa shape index (κ1) is 29.8. The number of nitrogens with one attached hydrogen (secondary N) is 1. The van der Waals surface area contributed by atoms with Gasteiger partial charge in [-0.15, -0.1) is 0 Å². The fourth-order valence-corrected chi connectivity index (χ4v) is 5.45. The molecule has 0 aliphatic rings. The van der Waals surface area contributed by atoms with Crippen LogP contribution in [-0.4, -0.2) is 43.8 Å². The van der Waals surface area contributed by atoms with E-state index in [1.807, 2.05) is 52.0 Å². The zero-order chi connectivity index (χ0) is 28.7. The number of halogens is 1. The molecule has 3 aromatic rings. The van der Waals surface area contributed by atoms with Crippen LogP contribution in [0.4, 0.5) is 10.1 Å². The van der Waals surface area contributed by atoms with Gasteiger partial charge in [0.1, 0.15) is 18.4 Å². The summed E-state index contributed by atoms with van der Waals surface area (Å²) in [6.07, 6.45) is 0.708. The summed E-state index contributed by atoms with van der Waals surface area (Å²) >= 11 is 0. The summed E-state index contributed by atoms with van der Waals surface area (Å²) in [5.74, 6) is -1.77. The standard InChI is InChI=1S/C30H36FN3O4S/c1-6-23(4)32-30(36)24(5)33(19-25-12-8-7-11-22(25)3)29(35)20-34(28-14-10-9-13-27(28)31)39(37,38)26-17-15-21(2)16-18-26/h7-18,23-24H,6,19-20H2,1-5H3,(H,32,36). The maximum Gasteiger partial charge on any atom is 0.264 e. The molecule has 0 aliphatic heterocycles. The minimum atomic E-state index is -4.33. The van der Waals surface area contributed by atoms with Gasteiger partial charge in [-0.3, -0.25) is 13.9 Å². The number of hydrogen-bond donors (Lipinski definition) is 1. The Kier molecular flexibility index (Phi) is 9.86. The summed E-state index contributed by atoms with van der Waals surface area (Å²) < 4.78 is 43.3. The Balaban J connectivity index is 2.05. The summed E-state index contributed by atoms with van der Waals surface area (Å²) in [6.45, 7) is 8.52. The third kappa shape index (κ3) is 7.23. The number of hydrogen-bond acceptors (Lipinski definition) is 4. The molecule has 0 saturated carbocycles. The first-order chi connectivity index (χ1) is 18.4. The van der Waals surface area contributed by atoms with Gasteiger partial charge in [0.05, 0.1) is 10.6 Å². The molecular formula is C30H36FN3O4S. The van der Waals surface area contributed by atoms with Gasteiger partial charge >= 0.3 is 0 Å². The van der Waals surface area contributed by atoms with E-state index in [-0.39, 0.29) is 29.1 Å². The number of carbonyl (C=O) groups is 2. The van der Waals surface area contributed by atoms with Crippen molar-refractivity contribution in [3.8, 4) is 0 Å². The number of para-hydroxylation sites is 1. The van der Waals surface area contributed by atoms with Gasteiger partial charge in [-0.2, -0.15) is 0 Å². The van der Waals surface area contributed by atoms with Crippen molar-refractivity contribution in [2.75, 3.05) is 10.8 Å². The third-order valence-corrected chi connectivity index (χ3v) is 8.55. The predicted molar refractivity (Wildman–Crippen MR) is 151 cm³/mol. The first-order valence-electron chi connectivity index (χ1n) is 12.9. The molecule has 2 amide bonds. The Morgan fingerprint density at radius 2 is 1.54 bits per heavy atom. The lowest BCUT2D eigenvalue weighted by Gasteiger charge is -2.32. The molecule has 0 spiro atoms. The Hall–Kier alpha value is -3.72. The minimum absolute atomic E-state index is 0.0721. The first-order valence-corrected chi connectivity index (χ1v) is 14.4. The molecule has 3 rings (SSSR count). The van der Waals surface area contributed by atoms with E-state index in [0.717, 1.165) is 27.1 Å². The van der Waals surface area contributed by atoms with Crippen molar-refractivity contribution < 1.29 is 22.4 Å². The van der Waals surface area contributed by atoms with Crippen LogP contribution in [-0.2, 0) is 26.2 Å². The maximum absolute atomic E-state index is 15.0. The van der Waals surface area contributed by atoms with Gasteiger partial charge in [-0.05, 0) is 69.5 Å². The predicted octanol–water partition coefficient (Wildman–Crippen LogP) is 4.97. The minimum Gasteiger partial charge on any atom is -0.352 e. The number of amides is 2. The molecule has 0 heterocycles. The highest BCUT2D eigenvalue weighted by molar-refractivity contribution is 7.92. The number of aryl methyl sites for hydroxylation is 2. The summed E-state index contributed by atoms with van der Waals surface area (Å²) in [6, 6.07) is 18.0. The number of rotatable bonds is 11. The summed E-state index contributed by atoms with van der Waals surface area (Å²) in [5, 5.41) is 2.90. The van der Waals surface area contributed by atoms with Gasteiger partial charge in [-0.25, -0.2) is 12.8 Å². The second kappa shape index (κ2) is 12.9. The Bertz CT molecular complexity index is 1410. The SMILES string of the molecule is CCC(C)NC(=O)C(C)N(Cc1ccccc1C)C(=O)CN(c1ccccc1F)S(=O)(=O)c1ccc(C)cc1. The van der Waals surface area contributed by atoms with E-state index >= 15 is 0 Å². The smallest absolute Gasteiger partial charge is 0.264 e. The molecular weight excluding hydrogens is 517 g/mol. The van der Waals surface area contributed by atoms with Gasteiger partial charge in [0.2, 0.25) is 11.8 Å². The Labute approximate surface area is 230 Å². The molecule has 0 aromatic heterocycles. The molecule has 39 heavy (non-hydrogen) atoms. The molecule has 0 bridgehead atoms. The molecule has 9 heteroatoms. The monoisotopic (exact) mass is 553 g/mol. The van der Waals surface area contributed by atoms with E-state index in [2.05, 4.69) is 5.32 Å². The molecule has 0 radical (unpaired) electrons. The van der Waals surface area contributed by atoms with Crippen molar-refractivity contribution in [2.45, 2.75) is 64.6 Å². The van der Waals surface area contributed by atoms with Crippen LogP contribution in [0.5, 0.6) is 0 Å². The van der Waals surface area contributed by atoms with E-state index in [1.165, 1.54) is 35.2 Å². The summed E-state index contributed by atoms with van der Waals surface area (Å²) in [5.41, 5.74) is 2.34. The highest BCUT2D eigenvalue weighted by Gasteiger charge is 2.34. The van der Waals surface area contributed by atoms with E-state index < -0.39 is 34.3 Å².